The van der Waals surface area contributed by atoms with Crippen molar-refractivity contribution in [1.82, 2.24) is 10.2 Å². The Kier molecular flexibility index (Phi) is 7.89. The fourth-order valence-corrected chi connectivity index (χ4v) is 3.92. The molecule has 0 aromatic heterocycles. The fourth-order valence-electron chi connectivity index (χ4n) is 3.92. The Bertz CT molecular complexity index is 810. The molecular formula is C25H33N3O2. The lowest BCUT2D eigenvalue weighted by Crippen LogP contribution is -2.41. The second kappa shape index (κ2) is 10.8. The second-order valence-corrected chi connectivity index (χ2v) is 8.46. The van der Waals surface area contributed by atoms with E-state index in [9.17, 15) is 9.59 Å². The molecule has 0 bridgehead atoms. The van der Waals surface area contributed by atoms with E-state index in [1.807, 2.05) is 43.0 Å². The third-order valence-electron chi connectivity index (χ3n) is 5.55. The average Bonchev–Trinajstić information content (AvgIpc) is 2.74. The molecule has 1 heterocycles. The Hall–Kier alpha value is -2.82. The molecule has 0 unspecified atom stereocenters. The molecule has 2 N–H and O–H groups in total. The predicted molar refractivity (Wildman–Crippen MR) is 121 cm³/mol. The number of nitrogens with zero attached hydrogens (tertiary/aromatic N) is 1. The highest BCUT2D eigenvalue weighted by atomic mass is 16.2. The Morgan fingerprint density at radius 1 is 0.967 bits per heavy atom. The number of hydrogen-bond donors (Lipinski definition) is 2. The minimum absolute atomic E-state index is 0.0246. The third kappa shape index (κ3) is 6.90. The van der Waals surface area contributed by atoms with Gasteiger partial charge >= 0.3 is 0 Å². The van der Waals surface area contributed by atoms with Crippen LogP contribution in [0.2, 0.25) is 0 Å². The predicted octanol–water partition coefficient (Wildman–Crippen LogP) is 3.65. The van der Waals surface area contributed by atoms with E-state index < -0.39 is 0 Å². The summed E-state index contributed by atoms with van der Waals surface area (Å²) < 4.78 is 0. The average molecular weight is 408 g/mol. The van der Waals surface area contributed by atoms with Gasteiger partial charge in [-0.1, -0.05) is 42.5 Å². The summed E-state index contributed by atoms with van der Waals surface area (Å²) in [5.74, 6) is 0.829. The highest BCUT2D eigenvalue weighted by Crippen LogP contribution is 2.21. The Labute approximate surface area is 179 Å². The van der Waals surface area contributed by atoms with Crippen LogP contribution in [0.15, 0.2) is 54.6 Å². The molecule has 0 atom stereocenters. The van der Waals surface area contributed by atoms with Crippen molar-refractivity contribution in [3.05, 3.63) is 65.7 Å². The van der Waals surface area contributed by atoms with Gasteiger partial charge in [-0.2, -0.15) is 0 Å². The number of piperidine rings is 1. The number of likely N-dealkylation sites (tertiary alicyclic amines) is 1. The minimum Gasteiger partial charge on any atom is -0.376 e. The highest BCUT2D eigenvalue weighted by Gasteiger charge is 2.22. The van der Waals surface area contributed by atoms with Gasteiger partial charge in [0.2, 0.25) is 11.8 Å². The lowest BCUT2D eigenvalue weighted by molar-refractivity contribution is -0.130. The summed E-state index contributed by atoms with van der Waals surface area (Å²) in [6, 6.07) is 18.5. The van der Waals surface area contributed by atoms with Crippen molar-refractivity contribution in [3.63, 3.8) is 0 Å². The zero-order chi connectivity index (χ0) is 21.3. The summed E-state index contributed by atoms with van der Waals surface area (Å²) in [5.41, 5.74) is 3.25. The fraction of sp³-hybridized carbons (Fsp3) is 0.440. The first-order valence-corrected chi connectivity index (χ1v) is 10.9. The van der Waals surface area contributed by atoms with Crippen LogP contribution in [-0.4, -0.2) is 42.4 Å². The molecule has 5 heteroatoms. The Morgan fingerprint density at radius 3 is 2.27 bits per heavy atom. The van der Waals surface area contributed by atoms with E-state index in [4.69, 9.17) is 0 Å². The first-order valence-electron chi connectivity index (χ1n) is 10.9. The highest BCUT2D eigenvalue weighted by molar-refractivity contribution is 5.81. The second-order valence-electron chi connectivity index (χ2n) is 8.46. The molecular weight excluding hydrogens is 374 g/mol. The standard InChI is InChI=1S/C25H33N3O2/c1-19(2)27-24(29)17-21-8-10-23(11-9-21)26-18-25(30)28-14-12-22(13-15-28)16-20-6-4-3-5-7-20/h3-11,19,22,26H,12-18H2,1-2H3,(H,27,29). The summed E-state index contributed by atoms with van der Waals surface area (Å²) in [7, 11) is 0. The van der Waals surface area contributed by atoms with Gasteiger partial charge in [-0.15, -0.1) is 0 Å². The number of benzene rings is 2. The lowest BCUT2D eigenvalue weighted by Gasteiger charge is -2.32. The molecule has 0 spiro atoms. The van der Waals surface area contributed by atoms with Gasteiger partial charge in [0.1, 0.15) is 0 Å². The summed E-state index contributed by atoms with van der Waals surface area (Å²) in [6.45, 7) is 5.88. The van der Waals surface area contributed by atoms with E-state index in [0.29, 0.717) is 18.9 Å². The van der Waals surface area contributed by atoms with Crippen molar-refractivity contribution in [2.24, 2.45) is 5.92 Å². The number of hydrogen-bond acceptors (Lipinski definition) is 3. The maximum absolute atomic E-state index is 12.6. The van der Waals surface area contributed by atoms with E-state index in [0.717, 1.165) is 43.6 Å². The maximum atomic E-state index is 12.6. The van der Waals surface area contributed by atoms with Crippen molar-refractivity contribution >= 4 is 17.5 Å². The van der Waals surface area contributed by atoms with Crippen molar-refractivity contribution < 1.29 is 9.59 Å². The van der Waals surface area contributed by atoms with Gasteiger partial charge in [-0.25, -0.2) is 0 Å². The molecule has 1 aliphatic rings. The van der Waals surface area contributed by atoms with E-state index in [2.05, 4.69) is 41.0 Å². The van der Waals surface area contributed by atoms with Crippen molar-refractivity contribution in [3.8, 4) is 0 Å². The number of carbonyl (C=O) groups is 2. The molecule has 1 saturated heterocycles. The largest absolute Gasteiger partial charge is 0.376 e. The molecule has 160 valence electrons. The van der Waals surface area contributed by atoms with E-state index in [1.54, 1.807) is 0 Å². The topological polar surface area (TPSA) is 61.4 Å². The Balaban J connectivity index is 1.39. The van der Waals surface area contributed by atoms with Crippen LogP contribution in [0.3, 0.4) is 0 Å². The number of amides is 2. The van der Waals surface area contributed by atoms with Gasteiger partial charge in [0.25, 0.3) is 0 Å². The van der Waals surface area contributed by atoms with E-state index in [-0.39, 0.29) is 17.9 Å². The number of rotatable bonds is 8. The van der Waals surface area contributed by atoms with Crippen LogP contribution in [0.1, 0.15) is 37.8 Å². The summed E-state index contributed by atoms with van der Waals surface area (Å²) in [5, 5.41) is 6.11. The van der Waals surface area contributed by atoms with Crippen LogP contribution in [0.4, 0.5) is 5.69 Å². The van der Waals surface area contributed by atoms with Gasteiger partial charge in [-0.05, 0) is 62.3 Å². The molecule has 5 nitrogen and oxygen atoms in total. The molecule has 3 rings (SSSR count). The number of carbonyl (C=O) groups excluding carboxylic acids is 2. The SMILES string of the molecule is CC(C)NC(=O)Cc1ccc(NCC(=O)N2CCC(Cc3ccccc3)CC2)cc1. The van der Waals surface area contributed by atoms with Crippen LogP contribution in [0.25, 0.3) is 0 Å². The van der Waals surface area contributed by atoms with Crippen LogP contribution >= 0.6 is 0 Å². The molecule has 2 aromatic rings. The first kappa shape index (κ1) is 21.9. The van der Waals surface area contributed by atoms with Gasteiger partial charge in [0.05, 0.1) is 13.0 Å². The maximum Gasteiger partial charge on any atom is 0.241 e. The smallest absolute Gasteiger partial charge is 0.241 e. The van der Waals surface area contributed by atoms with E-state index >= 15 is 0 Å². The molecule has 0 aliphatic carbocycles. The van der Waals surface area contributed by atoms with Crippen LogP contribution in [0, 0.1) is 5.92 Å². The van der Waals surface area contributed by atoms with Crippen molar-refractivity contribution in [1.29, 1.82) is 0 Å². The third-order valence-corrected chi connectivity index (χ3v) is 5.55. The van der Waals surface area contributed by atoms with Crippen LogP contribution < -0.4 is 10.6 Å². The summed E-state index contributed by atoms with van der Waals surface area (Å²) in [6.07, 6.45) is 3.60. The molecule has 0 radical (unpaired) electrons. The van der Waals surface area contributed by atoms with Gasteiger partial charge in [0, 0.05) is 24.8 Å². The van der Waals surface area contributed by atoms with Crippen LogP contribution in [0.5, 0.6) is 0 Å². The van der Waals surface area contributed by atoms with Crippen molar-refractivity contribution in [2.75, 3.05) is 25.0 Å². The van der Waals surface area contributed by atoms with E-state index in [1.165, 1.54) is 5.56 Å². The molecule has 1 fully saturated rings. The molecule has 30 heavy (non-hydrogen) atoms. The number of anilines is 1. The minimum atomic E-state index is 0.0246. The first-order chi connectivity index (χ1) is 14.5. The normalized spacial score (nSPS) is 14.6. The zero-order valence-corrected chi connectivity index (χ0v) is 18.1. The quantitative estimate of drug-likeness (QED) is 0.702. The molecule has 1 aliphatic heterocycles. The number of nitrogens with one attached hydrogen (secondary N) is 2. The van der Waals surface area contributed by atoms with Gasteiger partial charge in [-0.3, -0.25) is 9.59 Å². The zero-order valence-electron chi connectivity index (χ0n) is 18.1. The van der Waals surface area contributed by atoms with Crippen molar-refractivity contribution in [2.45, 2.75) is 45.6 Å². The summed E-state index contributed by atoms with van der Waals surface area (Å²) >= 11 is 0. The molecule has 2 amide bonds. The summed E-state index contributed by atoms with van der Waals surface area (Å²) in [4.78, 5) is 26.4. The monoisotopic (exact) mass is 407 g/mol. The molecule has 0 saturated carbocycles. The van der Waals surface area contributed by atoms with Gasteiger partial charge in [0.15, 0.2) is 0 Å². The lowest BCUT2D eigenvalue weighted by atomic mass is 9.90. The van der Waals surface area contributed by atoms with Gasteiger partial charge < -0.3 is 15.5 Å². The van der Waals surface area contributed by atoms with Crippen LogP contribution in [-0.2, 0) is 22.4 Å². The Morgan fingerprint density at radius 2 is 1.63 bits per heavy atom. The molecule has 2 aromatic carbocycles.